The van der Waals surface area contributed by atoms with Gasteiger partial charge in [0.25, 0.3) is 0 Å². The van der Waals surface area contributed by atoms with Crippen molar-refractivity contribution in [3.63, 3.8) is 0 Å². The van der Waals surface area contributed by atoms with E-state index < -0.39 is 5.91 Å². The molecular weight excluding hydrogens is 216 g/mol. The Bertz CT molecular complexity index is 586. The second-order valence-electron chi connectivity index (χ2n) is 4.00. The zero-order chi connectivity index (χ0) is 12.6. The van der Waals surface area contributed by atoms with Gasteiger partial charge in [-0.3, -0.25) is 14.5 Å². The van der Waals surface area contributed by atoms with Crippen LogP contribution >= 0.6 is 0 Å². The zero-order valence-corrected chi connectivity index (χ0v) is 10.1. The van der Waals surface area contributed by atoms with E-state index in [4.69, 9.17) is 5.73 Å². The molecule has 0 aliphatic heterocycles. The number of hydrogen-bond acceptors (Lipinski definition) is 3. The van der Waals surface area contributed by atoms with Crippen LogP contribution in [0.15, 0.2) is 18.5 Å². The molecule has 0 bridgehead atoms. The second kappa shape index (κ2) is 4.01. The first kappa shape index (κ1) is 11.3. The molecule has 5 nitrogen and oxygen atoms in total. The minimum atomic E-state index is -0.474. The Kier molecular flexibility index (Phi) is 2.67. The molecule has 5 heteroatoms. The molecule has 0 spiro atoms. The van der Waals surface area contributed by atoms with Gasteiger partial charge in [-0.1, -0.05) is 0 Å². The summed E-state index contributed by atoms with van der Waals surface area (Å²) in [7, 11) is 1.89. The molecule has 0 atom stereocenters. The van der Waals surface area contributed by atoms with Crippen LogP contribution in [0.3, 0.4) is 0 Å². The van der Waals surface area contributed by atoms with Crippen molar-refractivity contribution < 1.29 is 4.79 Å². The van der Waals surface area contributed by atoms with E-state index in [0.29, 0.717) is 5.56 Å². The maximum absolute atomic E-state index is 11.1. The lowest BCUT2D eigenvalue weighted by Gasteiger charge is -2.03. The van der Waals surface area contributed by atoms with Crippen LogP contribution in [0.25, 0.3) is 11.1 Å². The Morgan fingerprint density at radius 3 is 2.59 bits per heavy atom. The zero-order valence-electron chi connectivity index (χ0n) is 10.1. The molecule has 1 amide bonds. The number of hydrogen-bond donors (Lipinski definition) is 1. The maximum atomic E-state index is 11.1. The van der Waals surface area contributed by atoms with E-state index in [1.54, 1.807) is 12.3 Å². The van der Waals surface area contributed by atoms with Crippen LogP contribution in [-0.4, -0.2) is 20.7 Å². The van der Waals surface area contributed by atoms with Gasteiger partial charge in [-0.15, -0.1) is 0 Å². The molecule has 0 fully saturated rings. The number of nitrogens with two attached hydrogens (primary N) is 1. The van der Waals surface area contributed by atoms with Crippen LogP contribution in [0.1, 0.15) is 21.7 Å². The number of carbonyl (C=O) groups is 1. The minimum Gasteiger partial charge on any atom is -0.366 e. The molecule has 0 aliphatic rings. The van der Waals surface area contributed by atoms with Crippen LogP contribution in [0.4, 0.5) is 0 Å². The molecule has 0 radical (unpaired) electrons. The molecule has 2 rings (SSSR count). The van der Waals surface area contributed by atoms with Gasteiger partial charge in [0.05, 0.1) is 11.3 Å². The van der Waals surface area contributed by atoms with E-state index in [-0.39, 0.29) is 0 Å². The fourth-order valence-corrected chi connectivity index (χ4v) is 1.90. The summed E-state index contributed by atoms with van der Waals surface area (Å²) < 4.78 is 1.81. The average molecular weight is 230 g/mol. The van der Waals surface area contributed by atoms with E-state index in [2.05, 4.69) is 10.1 Å². The van der Waals surface area contributed by atoms with E-state index in [1.165, 1.54) is 6.20 Å². The summed E-state index contributed by atoms with van der Waals surface area (Å²) in [6.07, 6.45) is 3.18. The smallest absolute Gasteiger partial charge is 0.250 e. The van der Waals surface area contributed by atoms with E-state index in [0.717, 1.165) is 22.5 Å². The molecule has 17 heavy (non-hydrogen) atoms. The fraction of sp³-hybridized carbons (Fsp3) is 0.250. The molecule has 0 aromatic carbocycles. The lowest BCUT2D eigenvalue weighted by atomic mass is 10.0. The standard InChI is InChI=1S/C12H14N4O/c1-7-11(8(2)16(3)15-7)9-4-10(12(13)17)6-14-5-9/h4-6H,1-3H3,(H2,13,17). The number of rotatable bonds is 2. The fourth-order valence-electron chi connectivity index (χ4n) is 1.90. The Balaban J connectivity index is 2.60. The number of nitrogens with zero attached hydrogens (tertiary/aromatic N) is 3. The molecule has 0 unspecified atom stereocenters. The van der Waals surface area contributed by atoms with Crippen molar-refractivity contribution in [2.45, 2.75) is 13.8 Å². The number of pyridine rings is 1. The second-order valence-corrected chi connectivity index (χ2v) is 4.00. The van der Waals surface area contributed by atoms with Crippen molar-refractivity contribution in [2.24, 2.45) is 12.8 Å². The van der Waals surface area contributed by atoms with Crippen LogP contribution < -0.4 is 5.73 Å². The molecular formula is C12H14N4O. The van der Waals surface area contributed by atoms with Crippen LogP contribution in [0.2, 0.25) is 0 Å². The Morgan fingerprint density at radius 1 is 1.35 bits per heavy atom. The number of primary amides is 1. The van der Waals surface area contributed by atoms with Crippen molar-refractivity contribution in [3.8, 4) is 11.1 Å². The molecule has 2 N–H and O–H groups in total. The first-order valence-corrected chi connectivity index (χ1v) is 5.26. The number of amides is 1. The van der Waals surface area contributed by atoms with Gasteiger partial charge in [-0.25, -0.2) is 0 Å². The third kappa shape index (κ3) is 1.91. The first-order chi connectivity index (χ1) is 8.00. The van der Waals surface area contributed by atoms with Crippen LogP contribution in [0, 0.1) is 13.8 Å². The first-order valence-electron chi connectivity index (χ1n) is 5.26. The summed E-state index contributed by atoms with van der Waals surface area (Å²) >= 11 is 0. The van der Waals surface area contributed by atoms with Gasteiger partial charge in [0.2, 0.25) is 5.91 Å². The lowest BCUT2D eigenvalue weighted by Crippen LogP contribution is -2.11. The molecule has 0 saturated carbocycles. The molecule has 0 aliphatic carbocycles. The van der Waals surface area contributed by atoms with Gasteiger partial charge in [0.15, 0.2) is 0 Å². The normalized spacial score (nSPS) is 10.5. The van der Waals surface area contributed by atoms with Crippen molar-refractivity contribution in [1.29, 1.82) is 0 Å². The highest BCUT2D eigenvalue weighted by Gasteiger charge is 2.13. The van der Waals surface area contributed by atoms with E-state index >= 15 is 0 Å². The van der Waals surface area contributed by atoms with Crippen molar-refractivity contribution in [2.75, 3.05) is 0 Å². The summed E-state index contributed by atoms with van der Waals surface area (Å²) in [5, 5.41) is 4.33. The van der Waals surface area contributed by atoms with E-state index in [9.17, 15) is 4.79 Å². The van der Waals surface area contributed by atoms with Crippen LogP contribution in [0.5, 0.6) is 0 Å². The maximum Gasteiger partial charge on any atom is 0.250 e. The van der Waals surface area contributed by atoms with E-state index in [1.807, 2.05) is 25.6 Å². The molecule has 88 valence electrons. The van der Waals surface area contributed by atoms with Gasteiger partial charge in [0, 0.05) is 36.3 Å². The highest BCUT2D eigenvalue weighted by Crippen LogP contribution is 2.26. The van der Waals surface area contributed by atoms with Gasteiger partial charge < -0.3 is 5.73 Å². The predicted octanol–water partition coefficient (Wildman–Crippen LogP) is 1.20. The molecule has 2 heterocycles. The van der Waals surface area contributed by atoms with Crippen molar-refractivity contribution in [1.82, 2.24) is 14.8 Å². The van der Waals surface area contributed by atoms with Gasteiger partial charge in [-0.05, 0) is 19.9 Å². The van der Waals surface area contributed by atoms with Crippen molar-refractivity contribution in [3.05, 3.63) is 35.4 Å². The summed E-state index contributed by atoms with van der Waals surface area (Å²) in [5.41, 5.74) is 9.46. The predicted molar refractivity (Wildman–Crippen MR) is 64.4 cm³/mol. The monoisotopic (exact) mass is 230 g/mol. The Labute approximate surface area is 99.3 Å². The van der Waals surface area contributed by atoms with Crippen LogP contribution in [-0.2, 0) is 7.05 Å². The van der Waals surface area contributed by atoms with Gasteiger partial charge in [0.1, 0.15) is 0 Å². The Hall–Kier alpha value is -2.17. The number of carbonyl (C=O) groups excluding carboxylic acids is 1. The number of aromatic nitrogens is 3. The average Bonchev–Trinajstić information content (AvgIpc) is 2.53. The topological polar surface area (TPSA) is 73.8 Å². The van der Waals surface area contributed by atoms with Crippen molar-refractivity contribution >= 4 is 5.91 Å². The SMILES string of the molecule is Cc1nn(C)c(C)c1-c1cncc(C(N)=O)c1. The van der Waals surface area contributed by atoms with Gasteiger partial charge in [-0.2, -0.15) is 5.10 Å². The minimum absolute atomic E-state index is 0.408. The molecule has 2 aromatic rings. The molecule has 0 saturated heterocycles. The molecule has 2 aromatic heterocycles. The summed E-state index contributed by atoms with van der Waals surface area (Å²) in [6, 6.07) is 1.74. The quantitative estimate of drug-likeness (QED) is 0.842. The largest absolute Gasteiger partial charge is 0.366 e. The summed E-state index contributed by atoms with van der Waals surface area (Å²) in [4.78, 5) is 15.2. The van der Waals surface area contributed by atoms with Gasteiger partial charge >= 0.3 is 0 Å². The lowest BCUT2D eigenvalue weighted by molar-refractivity contribution is 0.1000. The number of aryl methyl sites for hydroxylation is 2. The summed E-state index contributed by atoms with van der Waals surface area (Å²) in [5.74, 6) is -0.474. The highest BCUT2D eigenvalue weighted by molar-refractivity contribution is 5.93. The highest BCUT2D eigenvalue weighted by atomic mass is 16.1. The third-order valence-electron chi connectivity index (χ3n) is 2.82. The third-order valence-corrected chi connectivity index (χ3v) is 2.82. The Morgan fingerprint density at radius 2 is 2.06 bits per heavy atom. The summed E-state index contributed by atoms with van der Waals surface area (Å²) in [6.45, 7) is 3.91.